The summed E-state index contributed by atoms with van der Waals surface area (Å²) in [7, 11) is -6.32. The highest BCUT2D eigenvalue weighted by Gasteiger charge is 2.30. The molecule has 0 aromatic heterocycles. The number of Topliss-reactive ketones (excluding diaryl/α,β-unsaturated/α-hetero) is 2. The highest BCUT2D eigenvalue weighted by molar-refractivity contribution is 7.47. The van der Waals surface area contributed by atoms with Crippen molar-refractivity contribution in [1.82, 2.24) is 10.2 Å². The standard InChI is InChI=1S/C68H97Cl2N3O13P2/c1-3-82-51-52(26-24-48-86-88(80,81)84-46-22-13-9-5-7-11-18-30-56(75)35-42-68(77)72-66-40-36-57(53-27-15-14-16-28-53)60-43-44-73(2)50-62(60)66)25-23-47-85-87(78,79)83-45-21-12-8-4-6-10-17-29-55(74)34-41-67(76)71-65-39-37-58(59-31-19-20-32-61(59)65)54-33-38-63(69)64(70)49-54/h14-16,19-20,27-28,31-33,36,38,40,49,52,58,65H,3-13,17-18,21-26,29-30,34-35,37,39,41-48,50-51H2,1-2H3,(H,71,76)(H,72,77)(H,78,79)(H,80,81)/t52?,58-,65-/m0/s1. The number of halogens is 2. The Morgan fingerprint density at radius 1 is 0.591 bits per heavy atom. The van der Waals surface area contributed by atoms with Crippen molar-refractivity contribution in [3.63, 3.8) is 0 Å². The maximum Gasteiger partial charge on any atom is 0.472 e. The Balaban J connectivity index is 0.700. The molecule has 0 spiro atoms. The van der Waals surface area contributed by atoms with E-state index in [1.54, 1.807) is 0 Å². The number of nitrogens with zero attached hydrogens (tertiary/aromatic N) is 1. The van der Waals surface area contributed by atoms with Crippen LogP contribution in [-0.4, -0.2) is 91.3 Å². The van der Waals surface area contributed by atoms with Gasteiger partial charge in [0, 0.05) is 76.4 Å². The first-order valence-electron chi connectivity index (χ1n) is 32.4. The van der Waals surface area contributed by atoms with Gasteiger partial charge in [-0.1, -0.05) is 154 Å². The number of hydrogen-bond donors (Lipinski definition) is 4. The van der Waals surface area contributed by atoms with Gasteiger partial charge in [0.1, 0.15) is 11.6 Å². The van der Waals surface area contributed by atoms with Crippen LogP contribution >= 0.6 is 38.8 Å². The summed E-state index contributed by atoms with van der Waals surface area (Å²) in [6.07, 6.45) is 18.7. The fourth-order valence-corrected chi connectivity index (χ4v) is 13.7. The van der Waals surface area contributed by atoms with Crippen molar-refractivity contribution in [2.75, 3.05) is 58.6 Å². The summed E-state index contributed by atoms with van der Waals surface area (Å²) in [5.41, 5.74) is 8.97. The van der Waals surface area contributed by atoms with E-state index >= 15 is 0 Å². The molecular formula is C68H97Cl2N3O13P2. The lowest BCUT2D eigenvalue weighted by Crippen LogP contribution is -2.32. The van der Waals surface area contributed by atoms with Gasteiger partial charge in [0.15, 0.2) is 0 Å². The monoisotopic (exact) mass is 1300 g/mol. The molecule has 0 saturated carbocycles. The number of carbonyl (C=O) groups is 4. The molecule has 2 aliphatic rings. The van der Waals surface area contributed by atoms with Crippen molar-refractivity contribution in [1.29, 1.82) is 0 Å². The Hall–Kier alpha value is -4.12. The first-order chi connectivity index (χ1) is 42.5. The molecule has 5 atom stereocenters. The van der Waals surface area contributed by atoms with Crippen LogP contribution in [0, 0.1) is 5.92 Å². The summed E-state index contributed by atoms with van der Waals surface area (Å²) < 4.78 is 51.7. The van der Waals surface area contributed by atoms with Crippen LogP contribution < -0.4 is 10.6 Å². The van der Waals surface area contributed by atoms with Gasteiger partial charge in [-0.2, -0.15) is 0 Å². The Bertz CT molecular complexity index is 2880. The average molecular weight is 1300 g/mol. The molecule has 16 nitrogen and oxygen atoms in total. The predicted molar refractivity (Wildman–Crippen MR) is 350 cm³/mol. The maximum atomic E-state index is 13.0. The third kappa shape index (κ3) is 27.0. The molecule has 6 rings (SSSR count). The van der Waals surface area contributed by atoms with Gasteiger partial charge in [0.2, 0.25) is 11.8 Å². The average Bonchev–Trinajstić information content (AvgIpc) is 1.000. The minimum atomic E-state index is -4.20. The molecule has 3 unspecified atom stereocenters. The number of hydrogen-bond acceptors (Lipinski definition) is 12. The quantitative estimate of drug-likeness (QED) is 0.0239. The highest BCUT2D eigenvalue weighted by atomic mass is 35.5. The van der Waals surface area contributed by atoms with Crippen molar-refractivity contribution in [2.45, 2.75) is 199 Å². The first-order valence-corrected chi connectivity index (χ1v) is 36.1. The molecule has 4 aromatic rings. The van der Waals surface area contributed by atoms with Crippen LogP contribution in [0.5, 0.6) is 0 Å². The molecule has 20 heteroatoms. The number of likely N-dealkylation sites (N-methyl/N-ethyl adjacent to an activating group) is 1. The second-order valence-corrected chi connectivity index (χ2v) is 27.4. The number of phosphoric acid groups is 2. The number of nitrogens with one attached hydrogen (secondary N) is 2. The van der Waals surface area contributed by atoms with E-state index in [9.17, 15) is 38.1 Å². The fourth-order valence-electron chi connectivity index (χ4n) is 11.8. The van der Waals surface area contributed by atoms with E-state index in [4.69, 9.17) is 46.0 Å². The van der Waals surface area contributed by atoms with E-state index < -0.39 is 15.6 Å². The summed E-state index contributed by atoms with van der Waals surface area (Å²) in [5.74, 6) is 0.199. The molecule has 0 saturated heterocycles. The van der Waals surface area contributed by atoms with E-state index in [0.29, 0.717) is 74.6 Å². The largest absolute Gasteiger partial charge is 0.472 e. The number of benzene rings is 4. The van der Waals surface area contributed by atoms with Crippen molar-refractivity contribution < 1.29 is 60.9 Å². The van der Waals surface area contributed by atoms with Crippen LogP contribution in [0.2, 0.25) is 10.0 Å². The molecule has 1 heterocycles. The van der Waals surface area contributed by atoms with E-state index in [1.807, 2.05) is 61.5 Å². The maximum absolute atomic E-state index is 13.0. The highest BCUT2D eigenvalue weighted by Crippen LogP contribution is 2.46. The Labute approximate surface area is 533 Å². The van der Waals surface area contributed by atoms with Crippen molar-refractivity contribution in [2.24, 2.45) is 5.92 Å². The van der Waals surface area contributed by atoms with E-state index in [-0.39, 0.29) is 93.4 Å². The number of ketones is 2. The first kappa shape index (κ1) is 72.9. The number of unbranched alkanes of at least 4 members (excludes halogenated alkanes) is 12. The number of ether oxygens (including phenoxy) is 1. The van der Waals surface area contributed by atoms with Gasteiger partial charge >= 0.3 is 15.6 Å². The minimum Gasteiger partial charge on any atom is -0.381 e. The molecule has 0 fully saturated rings. The van der Waals surface area contributed by atoms with Gasteiger partial charge in [-0.25, -0.2) is 9.13 Å². The number of rotatable bonds is 45. The van der Waals surface area contributed by atoms with Crippen LogP contribution in [0.25, 0.3) is 11.1 Å². The molecule has 2 amide bonds. The van der Waals surface area contributed by atoms with E-state index in [0.717, 1.165) is 137 Å². The Kier molecular flexibility index (Phi) is 33.1. The number of amides is 2. The molecule has 4 aromatic carbocycles. The zero-order chi connectivity index (χ0) is 63.0. The molecular weight excluding hydrogens is 1200 g/mol. The third-order valence-corrected chi connectivity index (χ3v) is 19.5. The van der Waals surface area contributed by atoms with Gasteiger partial charge in [-0.05, 0) is 148 Å². The van der Waals surface area contributed by atoms with Crippen molar-refractivity contribution in [3.8, 4) is 11.1 Å². The SMILES string of the molecule is CCOCC(CCCOP(=O)(O)OCCCCCCCCCC(=O)CCC(=O)Nc1ccc(-c2ccccc2)c2c1CN(C)CC2)CCCOP(=O)(O)OCCCCCCCCCC(=O)CCC(=O)N[C@H]1CC[C@@H](c2ccc(Cl)c(Cl)c2)c2ccccc21. The predicted octanol–water partition coefficient (Wildman–Crippen LogP) is 16.8. The van der Waals surface area contributed by atoms with Gasteiger partial charge in [-0.15, -0.1) is 0 Å². The second kappa shape index (κ2) is 40.0. The third-order valence-electron chi connectivity index (χ3n) is 16.7. The Morgan fingerprint density at radius 3 is 1.70 bits per heavy atom. The summed E-state index contributed by atoms with van der Waals surface area (Å²) in [6, 6.07) is 28.2. The van der Waals surface area contributed by atoms with Crippen LogP contribution in [0.3, 0.4) is 0 Å². The van der Waals surface area contributed by atoms with Crippen molar-refractivity contribution >= 4 is 67.9 Å². The Morgan fingerprint density at radius 2 is 1.12 bits per heavy atom. The summed E-state index contributed by atoms with van der Waals surface area (Å²) in [4.78, 5) is 73.9. The lowest BCUT2D eigenvalue weighted by atomic mass is 9.76. The lowest BCUT2D eigenvalue weighted by Gasteiger charge is -2.32. The zero-order valence-corrected chi connectivity index (χ0v) is 55.3. The minimum absolute atomic E-state index is 0.0397. The van der Waals surface area contributed by atoms with Crippen LogP contribution in [0.15, 0.2) is 84.9 Å². The smallest absolute Gasteiger partial charge is 0.381 e. The lowest BCUT2D eigenvalue weighted by molar-refractivity contribution is -0.126. The second-order valence-electron chi connectivity index (χ2n) is 23.7. The molecule has 0 bridgehead atoms. The molecule has 4 N–H and O–H groups in total. The zero-order valence-electron chi connectivity index (χ0n) is 52.0. The van der Waals surface area contributed by atoms with Crippen molar-refractivity contribution in [3.05, 3.63) is 123 Å². The number of anilines is 1. The van der Waals surface area contributed by atoms with Gasteiger partial charge < -0.3 is 30.1 Å². The van der Waals surface area contributed by atoms with Crippen LogP contribution in [-0.2, 0) is 64.1 Å². The molecule has 88 heavy (non-hydrogen) atoms. The number of phosphoric ester groups is 2. The van der Waals surface area contributed by atoms with Crippen LogP contribution in [0.1, 0.15) is 214 Å². The summed E-state index contributed by atoms with van der Waals surface area (Å²) in [5, 5.41) is 7.32. The molecule has 1 aliphatic carbocycles. The topological polar surface area (TPSA) is 216 Å². The van der Waals surface area contributed by atoms with Gasteiger partial charge in [-0.3, -0.25) is 37.3 Å². The molecule has 0 radical (unpaired) electrons. The summed E-state index contributed by atoms with van der Waals surface area (Å²) in [6.45, 7) is 4.94. The van der Waals surface area contributed by atoms with Crippen LogP contribution in [0.4, 0.5) is 5.69 Å². The normalized spacial score (nSPS) is 16.7. The van der Waals surface area contributed by atoms with E-state index in [2.05, 4.69) is 52.9 Å². The molecule has 486 valence electrons. The van der Waals surface area contributed by atoms with Gasteiger partial charge in [0.05, 0.1) is 42.5 Å². The number of fused-ring (bicyclic) bond motifs is 2. The molecule has 1 aliphatic heterocycles. The fraction of sp³-hybridized carbons (Fsp3) is 0.588. The number of carbonyl (C=O) groups excluding carboxylic acids is 4. The summed E-state index contributed by atoms with van der Waals surface area (Å²) >= 11 is 12.5. The van der Waals surface area contributed by atoms with E-state index in [1.165, 1.54) is 16.7 Å². The van der Waals surface area contributed by atoms with Gasteiger partial charge in [0.25, 0.3) is 0 Å².